The Balaban J connectivity index is 2.60. The number of Topliss-reactive ketones (excluding diaryl/α,β-unsaturated/α-hetero) is 1. The van der Waals surface area contributed by atoms with Gasteiger partial charge in [0.15, 0.2) is 11.6 Å². The molecule has 0 bridgehead atoms. The van der Waals surface area contributed by atoms with Gasteiger partial charge in [0.25, 0.3) is 0 Å². The Morgan fingerprint density at radius 1 is 1.33 bits per heavy atom. The molecule has 0 aliphatic rings. The largest absolute Gasteiger partial charge is 0.496 e. The van der Waals surface area contributed by atoms with Crippen molar-refractivity contribution in [2.24, 2.45) is 0 Å². The number of ether oxygens (including phenoxy) is 1. The Kier molecular flexibility index (Phi) is 3.19. The van der Waals surface area contributed by atoms with Crippen molar-refractivity contribution in [3.05, 3.63) is 35.3 Å². The number of carbonyl (C=O) groups is 1. The smallest absolute Gasteiger partial charge is 0.195 e. The molecular formula is C14H16N2O2. The van der Waals surface area contributed by atoms with Crippen LogP contribution < -0.4 is 4.74 Å². The number of hydrogen-bond donors (Lipinski definition) is 1. The van der Waals surface area contributed by atoms with Crippen LogP contribution in [-0.4, -0.2) is 22.9 Å². The minimum absolute atomic E-state index is 0.0732. The number of aromatic amines is 1. The van der Waals surface area contributed by atoms with Gasteiger partial charge in [-0.25, -0.2) is 4.98 Å². The normalized spacial score (nSPS) is 10.4. The van der Waals surface area contributed by atoms with Gasteiger partial charge in [0.05, 0.1) is 12.8 Å². The number of ketones is 1. The monoisotopic (exact) mass is 244 g/mol. The molecule has 0 radical (unpaired) electrons. The summed E-state index contributed by atoms with van der Waals surface area (Å²) in [6, 6.07) is 5.90. The maximum Gasteiger partial charge on any atom is 0.195 e. The summed E-state index contributed by atoms with van der Waals surface area (Å²) in [6.07, 6.45) is 0. The first kappa shape index (κ1) is 12.4. The molecule has 1 aromatic carbocycles. The van der Waals surface area contributed by atoms with E-state index in [2.05, 4.69) is 9.97 Å². The first-order valence-electron chi connectivity index (χ1n) is 5.75. The number of H-pyrrole nitrogens is 1. The van der Waals surface area contributed by atoms with Crippen LogP contribution in [0.25, 0.3) is 11.3 Å². The zero-order valence-electron chi connectivity index (χ0n) is 11.0. The molecule has 4 nitrogen and oxygen atoms in total. The molecule has 2 aromatic rings. The highest BCUT2D eigenvalue weighted by atomic mass is 16.5. The highest BCUT2D eigenvalue weighted by Gasteiger charge is 2.15. The predicted molar refractivity (Wildman–Crippen MR) is 70.1 cm³/mol. The van der Waals surface area contributed by atoms with Gasteiger partial charge in [0, 0.05) is 18.2 Å². The van der Waals surface area contributed by atoms with E-state index < -0.39 is 0 Å². The van der Waals surface area contributed by atoms with Crippen LogP contribution in [0.1, 0.15) is 28.8 Å². The maximum atomic E-state index is 11.3. The van der Waals surface area contributed by atoms with Crippen LogP contribution in [0.3, 0.4) is 0 Å². The van der Waals surface area contributed by atoms with Crippen LogP contribution in [0, 0.1) is 13.8 Å². The number of methoxy groups -OCH3 is 1. The molecule has 1 N–H and O–H groups in total. The summed E-state index contributed by atoms with van der Waals surface area (Å²) in [5, 5.41) is 0. The van der Waals surface area contributed by atoms with Gasteiger partial charge in [-0.05, 0) is 26.0 Å². The molecule has 0 aliphatic carbocycles. The van der Waals surface area contributed by atoms with Crippen LogP contribution in [0.4, 0.5) is 0 Å². The highest BCUT2D eigenvalue weighted by molar-refractivity contribution is 5.91. The maximum absolute atomic E-state index is 11.3. The summed E-state index contributed by atoms with van der Waals surface area (Å²) < 4.78 is 5.34. The molecule has 0 saturated heterocycles. The number of rotatable bonds is 3. The van der Waals surface area contributed by atoms with Crippen LogP contribution >= 0.6 is 0 Å². The lowest BCUT2D eigenvalue weighted by atomic mass is 10.1. The summed E-state index contributed by atoms with van der Waals surface area (Å²) >= 11 is 0. The van der Waals surface area contributed by atoms with Gasteiger partial charge in [-0.3, -0.25) is 4.79 Å². The zero-order chi connectivity index (χ0) is 13.3. The van der Waals surface area contributed by atoms with Crippen molar-refractivity contribution in [2.45, 2.75) is 20.8 Å². The second-order valence-corrected chi connectivity index (χ2v) is 4.32. The van der Waals surface area contributed by atoms with Crippen molar-refractivity contribution in [3.8, 4) is 17.0 Å². The molecule has 4 heteroatoms. The number of aryl methyl sites for hydroxylation is 2. The lowest BCUT2D eigenvalue weighted by Crippen LogP contribution is -1.94. The summed E-state index contributed by atoms with van der Waals surface area (Å²) in [7, 11) is 1.63. The molecule has 18 heavy (non-hydrogen) atoms. The summed E-state index contributed by atoms with van der Waals surface area (Å²) in [5.74, 6) is 1.06. The Morgan fingerprint density at radius 3 is 2.61 bits per heavy atom. The third-order valence-corrected chi connectivity index (χ3v) is 2.83. The number of nitrogens with zero attached hydrogens (tertiary/aromatic N) is 1. The predicted octanol–water partition coefficient (Wildman–Crippen LogP) is 2.90. The number of aromatic nitrogens is 2. The van der Waals surface area contributed by atoms with Crippen molar-refractivity contribution >= 4 is 5.78 Å². The fourth-order valence-corrected chi connectivity index (χ4v) is 1.90. The van der Waals surface area contributed by atoms with Crippen molar-refractivity contribution < 1.29 is 9.53 Å². The number of hydrogen-bond acceptors (Lipinski definition) is 3. The molecule has 0 amide bonds. The minimum Gasteiger partial charge on any atom is -0.496 e. The molecule has 0 spiro atoms. The topological polar surface area (TPSA) is 55.0 Å². The van der Waals surface area contributed by atoms with Crippen LogP contribution in [-0.2, 0) is 0 Å². The summed E-state index contributed by atoms with van der Waals surface area (Å²) in [5.41, 5.74) is 3.65. The van der Waals surface area contributed by atoms with E-state index in [1.54, 1.807) is 7.11 Å². The first-order chi connectivity index (χ1) is 8.52. The van der Waals surface area contributed by atoms with Gasteiger partial charge >= 0.3 is 0 Å². The summed E-state index contributed by atoms with van der Waals surface area (Å²) in [4.78, 5) is 18.7. The average molecular weight is 244 g/mol. The second-order valence-electron chi connectivity index (χ2n) is 4.32. The van der Waals surface area contributed by atoms with E-state index in [-0.39, 0.29) is 5.78 Å². The number of imidazole rings is 1. The molecule has 1 aromatic heterocycles. The number of nitrogens with one attached hydrogen (secondary N) is 1. The van der Waals surface area contributed by atoms with Crippen molar-refractivity contribution in [2.75, 3.05) is 7.11 Å². The van der Waals surface area contributed by atoms with Crippen LogP contribution in [0.15, 0.2) is 18.2 Å². The first-order valence-corrected chi connectivity index (χ1v) is 5.75. The van der Waals surface area contributed by atoms with Crippen LogP contribution in [0.2, 0.25) is 0 Å². The average Bonchev–Trinajstić information content (AvgIpc) is 2.71. The van der Waals surface area contributed by atoms with E-state index in [0.29, 0.717) is 5.82 Å². The number of carbonyl (C=O) groups excluding carboxylic acids is 1. The SMILES string of the molecule is COc1ccc(C)cc1-c1nc(C(C)=O)[nH]c1C. The van der Waals surface area contributed by atoms with E-state index in [1.165, 1.54) is 6.92 Å². The molecule has 0 aliphatic heterocycles. The Bertz CT molecular complexity index is 600. The third-order valence-electron chi connectivity index (χ3n) is 2.83. The standard InChI is InChI=1S/C14H16N2O2/c1-8-5-6-12(18-4)11(7-8)13-9(2)15-14(16-13)10(3)17/h5-7H,1-4H3,(H,15,16). The molecule has 2 rings (SSSR count). The summed E-state index contributed by atoms with van der Waals surface area (Å²) in [6.45, 7) is 5.41. The zero-order valence-corrected chi connectivity index (χ0v) is 11.0. The molecule has 0 saturated carbocycles. The molecule has 0 unspecified atom stereocenters. The van der Waals surface area contributed by atoms with E-state index in [0.717, 1.165) is 28.3 Å². The van der Waals surface area contributed by atoms with E-state index in [1.807, 2.05) is 32.0 Å². The molecule has 94 valence electrons. The quantitative estimate of drug-likeness (QED) is 0.844. The van der Waals surface area contributed by atoms with Gasteiger partial charge < -0.3 is 9.72 Å². The fraction of sp³-hybridized carbons (Fsp3) is 0.286. The number of benzene rings is 1. The third kappa shape index (κ3) is 2.14. The molecular weight excluding hydrogens is 228 g/mol. The molecule has 1 heterocycles. The van der Waals surface area contributed by atoms with Gasteiger partial charge in [0.2, 0.25) is 0 Å². The van der Waals surface area contributed by atoms with Crippen molar-refractivity contribution in [3.63, 3.8) is 0 Å². The van der Waals surface area contributed by atoms with E-state index in [4.69, 9.17) is 4.74 Å². The van der Waals surface area contributed by atoms with E-state index >= 15 is 0 Å². The Labute approximate surface area is 106 Å². The Morgan fingerprint density at radius 2 is 2.06 bits per heavy atom. The van der Waals surface area contributed by atoms with Crippen molar-refractivity contribution in [1.29, 1.82) is 0 Å². The van der Waals surface area contributed by atoms with Crippen molar-refractivity contribution in [1.82, 2.24) is 9.97 Å². The van der Waals surface area contributed by atoms with Gasteiger partial charge in [-0.1, -0.05) is 11.6 Å². The molecule has 0 fully saturated rings. The highest BCUT2D eigenvalue weighted by Crippen LogP contribution is 2.31. The van der Waals surface area contributed by atoms with Gasteiger partial charge in [-0.15, -0.1) is 0 Å². The Hall–Kier alpha value is -2.10. The van der Waals surface area contributed by atoms with E-state index in [9.17, 15) is 4.79 Å². The lowest BCUT2D eigenvalue weighted by molar-refractivity contribution is 0.100. The van der Waals surface area contributed by atoms with Gasteiger partial charge in [-0.2, -0.15) is 0 Å². The second kappa shape index (κ2) is 4.64. The minimum atomic E-state index is -0.0732. The lowest BCUT2D eigenvalue weighted by Gasteiger charge is -2.08. The van der Waals surface area contributed by atoms with Crippen LogP contribution in [0.5, 0.6) is 5.75 Å². The fourth-order valence-electron chi connectivity index (χ4n) is 1.90. The van der Waals surface area contributed by atoms with Gasteiger partial charge in [0.1, 0.15) is 5.75 Å². The molecule has 0 atom stereocenters.